The fourth-order valence-corrected chi connectivity index (χ4v) is 3.47. The monoisotopic (exact) mass is 334 g/mol. The molecule has 2 aliphatic rings. The number of nitrogens with zero attached hydrogens (tertiary/aromatic N) is 4. The Morgan fingerprint density at radius 3 is 2.08 bits per heavy atom. The van der Waals surface area contributed by atoms with E-state index in [1.165, 1.54) is 33.0 Å². The van der Waals surface area contributed by atoms with Crippen LogP contribution in [0.3, 0.4) is 0 Å². The summed E-state index contributed by atoms with van der Waals surface area (Å²) in [6, 6.07) is 23.1. The van der Waals surface area contributed by atoms with E-state index >= 15 is 0 Å². The lowest BCUT2D eigenvalue weighted by Gasteiger charge is -2.02. The van der Waals surface area contributed by atoms with Crippen LogP contribution in [0.1, 0.15) is 5.56 Å². The van der Waals surface area contributed by atoms with Crippen LogP contribution < -0.4 is 10.6 Å². The van der Waals surface area contributed by atoms with Gasteiger partial charge in [0.2, 0.25) is 0 Å². The van der Waals surface area contributed by atoms with Crippen LogP contribution in [0.25, 0.3) is 28.3 Å². The van der Waals surface area contributed by atoms with Gasteiger partial charge in [-0.25, -0.2) is 4.99 Å². The second-order valence-corrected chi connectivity index (χ2v) is 6.09. The number of aromatic nitrogens is 3. The van der Waals surface area contributed by atoms with Gasteiger partial charge in [-0.15, -0.1) is 10.2 Å². The Morgan fingerprint density at radius 2 is 1.31 bits per heavy atom. The van der Waals surface area contributed by atoms with Crippen molar-refractivity contribution in [3.63, 3.8) is 0 Å². The van der Waals surface area contributed by atoms with Crippen LogP contribution in [0.5, 0.6) is 0 Å². The molecule has 0 radical (unpaired) electrons. The normalized spacial score (nSPS) is 11.7. The number of benzene rings is 3. The summed E-state index contributed by atoms with van der Waals surface area (Å²) >= 11 is 0. The van der Waals surface area contributed by atoms with Crippen molar-refractivity contribution < 1.29 is 0 Å². The molecule has 0 saturated heterocycles. The molecule has 4 heteroatoms. The molecular weight excluding hydrogens is 320 g/mol. The van der Waals surface area contributed by atoms with Crippen molar-refractivity contribution >= 4 is 11.8 Å². The van der Waals surface area contributed by atoms with Crippen LogP contribution >= 0.6 is 0 Å². The summed E-state index contributed by atoms with van der Waals surface area (Å²) in [6.07, 6.45) is 5.42. The number of rotatable bonds is 0. The van der Waals surface area contributed by atoms with E-state index in [0.29, 0.717) is 0 Å². The number of fused-ring (bicyclic) bond motifs is 7. The highest BCUT2D eigenvalue weighted by atomic mass is 15.3. The SMILES string of the molecule is C1=c2c(ccc3c2=Nc2ccccc2-3)-c2ccccc21.c1cnnnc1. The zero-order valence-corrected chi connectivity index (χ0v) is 13.9. The number of hydrogen-bond donors (Lipinski definition) is 0. The van der Waals surface area contributed by atoms with Crippen LogP contribution in [-0.4, -0.2) is 15.4 Å². The first kappa shape index (κ1) is 14.7. The maximum atomic E-state index is 4.84. The first-order chi connectivity index (χ1) is 12.9. The highest BCUT2D eigenvalue weighted by Gasteiger charge is 2.19. The largest absolute Gasteiger partial charge is 0.247 e. The Kier molecular flexibility index (Phi) is 3.39. The molecule has 1 aliphatic carbocycles. The van der Waals surface area contributed by atoms with Gasteiger partial charge in [0.15, 0.2) is 0 Å². The molecule has 3 aromatic carbocycles. The molecule has 0 N–H and O–H groups in total. The molecule has 1 aromatic heterocycles. The molecule has 0 amide bonds. The third kappa shape index (κ3) is 2.31. The molecule has 0 bridgehead atoms. The zero-order valence-electron chi connectivity index (χ0n) is 13.9. The second-order valence-electron chi connectivity index (χ2n) is 6.09. The molecule has 26 heavy (non-hydrogen) atoms. The quantitative estimate of drug-likeness (QED) is 0.428. The Labute approximate surface area is 150 Å². The van der Waals surface area contributed by atoms with E-state index in [1.807, 2.05) is 6.07 Å². The topological polar surface area (TPSA) is 51.0 Å². The summed E-state index contributed by atoms with van der Waals surface area (Å²) in [5.41, 5.74) is 7.49. The van der Waals surface area contributed by atoms with Crippen molar-refractivity contribution in [3.8, 4) is 22.3 Å². The first-order valence-electron chi connectivity index (χ1n) is 8.42. The van der Waals surface area contributed by atoms with Crippen molar-refractivity contribution in [3.05, 3.63) is 95.3 Å². The molecule has 0 unspecified atom stereocenters. The molecule has 0 spiro atoms. The van der Waals surface area contributed by atoms with Crippen LogP contribution in [0.2, 0.25) is 0 Å². The van der Waals surface area contributed by atoms with Crippen LogP contribution in [0.15, 0.2) is 84.1 Å². The van der Waals surface area contributed by atoms with Gasteiger partial charge in [-0.05, 0) is 40.1 Å². The summed E-state index contributed by atoms with van der Waals surface area (Å²) in [5, 5.41) is 12.5. The van der Waals surface area contributed by atoms with E-state index in [4.69, 9.17) is 4.99 Å². The minimum absolute atomic E-state index is 1.08. The summed E-state index contributed by atoms with van der Waals surface area (Å²) in [4.78, 5) is 4.84. The lowest BCUT2D eigenvalue weighted by Crippen LogP contribution is -2.25. The highest BCUT2D eigenvalue weighted by molar-refractivity contribution is 5.87. The maximum absolute atomic E-state index is 4.84. The van der Waals surface area contributed by atoms with E-state index in [9.17, 15) is 0 Å². The molecular formula is C22H14N4. The predicted molar refractivity (Wildman–Crippen MR) is 101 cm³/mol. The molecule has 4 nitrogen and oxygen atoms in total. The van der Waals surface area contributed by atoms with Gasteiger partial charge in [-0.1, -0.05) is 54.6 Å². The second kappa shape index (κ2) is 6.01. The fourth-order valence-electron chi connectivity index (χ4n) is 3.47. The van der Waals surface area contributed by atoms with Gasteiger partial charge in [-0.3, -0.25) is 0 Å². The molecule has 1 aliphatic heterocycles. The summed E-state index contributed by atoms with van der Waals surface area (Å²) < 4.78 is 0. The Hall–Kier alpha value is -3.66. The minimum atomic E-state index is 1.08. The van der Waals surface area contributed by atoms with Crippen LogP contribution in [0.4, 0.5) is 5.69 Å². The van der Waals surface area contributed by atoms with E-state index in [-0.39, 0.29) is 0 Å². The molecule has 0 saturated carbocycles. The zero-order chi connectivity index (χ0) is 17.3. The maximum Gasteiger partial charge on any atom is 0.0795 e. The number of hydrogen-bond acceptors (Lipinski definition) is 4. The van der Waals surface area contributed by atoms with Gasteiger partial charge in [0.1, 0.15) is 0 Å². The van der Waals surface area contributed by atoms with E-state index in [1.54, 1.807) is 18.5 Å². The van der Waals surface area contributed by atoms with Crippen LogP contribution in [-0.2, 0) is 0 Å². The Balaban J connectivity index is 0.000000215. The van der Waals surface area contributed by atoms with Crippen LogP contribution in [0, 0.1) is 0 Å². The van der Waals surface area contributed by atoms with Crippen molar-refractivity contribution in [1.82, 2.24) is 15.4 Å². The smallest absolute Gasteiger partial charge is 0.0795 e. The third-order valence-corrected chi connectivity index (χ3v) is 4.60. The van der Waals surface area contributed by atoms with E-state index < -0.39 is 0 Å². The van der Waals surface area contributed by atoms with E-state index in [0.717, 1.165) is 11.0 Å². The van der Waals surface area contributed by atoms with Gasteiger partial charge in [-0.2, -0.15) is 0 Å². The first-order valence-corrected chi connectivity index (χ1v) is 8.42. The fraction of sp³-hybridized carbons (Fsp3) is 0. The lowest BCUT2D eigenvalue weighted by molar-refractivity contribution is 0.865. The summed E-state index contributed by atoms with van der Waals surface area (Å²) in [7, 11) is 0. The molecule has 6 rings (SSSR count). The van der Waals surface area contributed by atoms with E-state index in [2.05, 4.69) is 76.1 Å². The average Bonchev–Trinajstić information content (AvgIpc) is 3.28. The van der Waals surface area contributed by atoms with Gasteiger partial charge in [0.25, 0.3) is 0 Å². The Morgan fingerprint density at radius 1 is 0.577 bits per heavy atom. The van der Waals surface area contributed by atoms with Crippen molar-refractivity contribution in [2.75, 3.05) is 0 Å². The number of para-hydroxylation sites is 1. The lowest BCUT2D eigenvalue weighted by atomic mass is 10.0. The standard InChI is InChI=1S/C19H11N.C3H3N3/c1-2-6-13-12(5-1)11-17-14(13)9-10-16-15-7-3-4-8-18(15)20-19(16)17;1-2-4-6-5-3-1/h1-11H;1-3H. The average molecular weight is 334 g/mol. The third-order valence-electron chi connectivity index (χ3n) is 4.60. The van der Waals surface area contributed by atoms with Gasteiger partial charge < -0.3 is 0 Å². The van der Waals surface area contributed by atoms with Gasteiger partial charge >= 0.3 is 0 Å². The molecule has 4 aromatic rings. The van der Waals surface area contributed by atoms with Crippen molar-refractivity contribution in [2.24, 2.45) is 4.99 Å². The summed E-state index contributed by atoms with van der Waals surface area (Å²) in [5.74, 6) is 0. The van der Waals surface area contributed by atoms with Crippen molar-refractivity contribution in [1.29, 1.82) is 0 Å². The van der Waals surface area contributed by atoms with Gasteiger partial charge in [0.05, 0.1) is 23.4 Å². The molecule has 0 fully saturated rings. The molecule has 122 valence electrons. The highest BCUT2D eigenvalue weighted by Crippen LogP contribution is 2.33. The van der Waals surface area contributed by atoms with Crippen molar-refractivity contribution in [2.45, 2.75) is 0 Å². The summed E-state index contributed by atoms with van der Waals surface area (Å²) in [6.45, 7) is 0. The predicted octanol–water partition coefficient (Wildman–Crippen LogP) is 3.30. The molecule has 0 atom stereocenters. The Bertz CT molecular complexity index is 1120. The molecule has 2 heterocycles. The minimum Gasteiger partial charge on any atom is -0.247 e. The van der Waals surface area contributed by atoms with Gasteiger partial charge in [0, 0.05) is 16.3 Å².